The van der Waals surface area contributed by atoms with Crippen LogP contribution in [0.25, 0.3) is 0 Å². The largest absolute Gasteiger partial charge is 0.492 e. The first-order valence-corrected chi connectivity index (χ1v) is 4.52. The van der Waals surface area contributed by atoms with Crippen molar-refractivity contribution in [3.63, 3.8) is 0 Å². The Hall–Kier alpha value is -1.22. The maximum Gasteiger partial charge on any atom is 0.119 e. The van der Waals surface area contributed by atoms with Gasteiger partial charge in [-0.2, -0.15) is 0 Å². The van der Waals surface area contributed by atoms with Gasteiger partial charge in [-0.25, -0.2) is 0 Å². The third-order valence-electron chi connectivity index (χ3n) is 1.68. The topological polar surface area (TPSA) is 47.3 Å². The molecule has 3 heteroatoms. The van der Waals surface area contributed by atoms with Crippen LogP contribution in [0.3, 0.4) is 0 Å². The van der Waals surface area contributed by atoms with Crippen LogP contribution in [0.15, 0.2) is 24.3 Å². The number of hydrogen-bond donors (Lipinski definition) is 2. The van der Waals surface area contributed by atoms with Crippen LogP contribution >= 0.6 is 0 Å². The molecule has 1 aromatic carbocycles. The van der Waals surface area contributed by atoms with Crippen molar-refractivity contribution in [1.82, 2.24) is 5.32 Å². The average molecular weight is 180 g/mol. The number of nitrogens with one attached hydrogen (secondary N) is 1. The standard InChI is InChI=1S/C10H16N2O/c1-2-12-7-8-13-10-5-3-9(11)4-6-10/h3-6,12H,2,7-8,11H2,1H3. The summed E-state index contributed by atoms with van der Waals surface area (Å²) in [5.41, 5.74) is 6.30. The van der Waals surface area contributed by atoms with E-state index in [-0.39, 0.29) is 0 Å². The van der Waals surface area contributed by atoms with Crippen LogP contribution in [0.2, 0.25) is 0 Å². The zero-order valence-electron chi connectivity index (χ0n) is 7.92. The van der Waals surface area contributed by atoms with Gasteiger partial charge < -0.3 is 15.8 Å². The van der Waals surface area contributed by atoms with E-state index < -0.39 is 0 Å². The van der Waals surface area contributed by atoms with Crippen LogP contribution in [0.4, 0.5) is 5.69 Å². The molecule has 3 nitrogen and oxygen atoms in total. The van der Waals surface area contributed by atoms with Gasteiger partial charge in [0.25, 0.3) is 0 Å². The molecule has 0 aliphatic rings. The quantitative estimate of drug-likeness (QED) is 0.529. The third-order valence-corrected chi connectivity index (χ3v) is 1.68. The van der Waals surface area contributed by atoms with Crippen molar-refractivity contribution in [2.75, 3.05) is 25.4 Å². The molecule has 0 unspecified atom stereocenters. The highest BCUT2D eigenvalue weighted by atomic mass is 16.5. The van der Waals surface area contributed by atoms with Crippen molar-refractivity contribution in [1.29, 1.82) is 0 Å². The molecule has 1 aromatic rings. The maximum absolute atomic E-state index is 5.54. The summed E-state index contributed by atoms with van der Waals surface area (Å²) < 4.78 is 5.44. The van der Waals surface area contributed by atoms with Gasteiger partial charge in [0.15, 0.2) is 0 Å². The summed E-state index contributed by atoms with van der Waals surface area (Å²) in [6.07, 6.45) is 0. The van der Waals surface area contributed by atoms with Gasteiger partial charge in [-0.1, -0.05) is 6.92 Å². The molecule has 0 atom stereocenters. The van der Waals surface area contributed by atoms with Crippen molar-refractivity contribution in [3.8, 4) is 5.75 Å². The van der Waals surface area contributed by atoms with Gasteiger partial charge in [-0.05, 0) is 30.8 Å². The number of benzene rings is 1. The molecule has 0 amide bonds. The van der Waals surface area contributed by atoms with Crippen molar-refractivity contribution >= 4 is 5.69 Å². The zero-order chi connectivity index (χ0) is 9.52. The Balaban J connectivity index is 2.25. The first-order chi connectivity index (χ1) is 6.33. The van der Waals surface area contributed by atoms with E-state index in [1.807, 2.05) is 24.3 Å². The molecule has 0 radical (unpaired) electrons. The summed E-state index contributed by atoms with van der Waals surface area (Å²) >= 11 is 0. The zero-order valence-corrected chi connectivity index (χ0v) is 7.92. The lowest BCUT2D eigenvalue weighted by Crippen LogP contribution is -2.20. The first-order valence-electron chi connectivity index (χ1n) is 4.52. The van der Waals surface area contributed by atoms with Gasteiger partial charge in [-0.15, -0.1) is 0 Å². The molecular weight excluding hydrogens is 164 g/mol. The highest BCUT2D eigenvalue weighted by molar-refractivity contribution is 5.41. The SMILES string of the molecule is CCNCCOc1ccc(N)cc1. The lowest BCUT2D eigenvalue weighted by molar-refractivity contribution is 0.315. The van der Waals surface area contributed by atoms with Crippen LogP contribution in [0.1, 0.15) is 6.92 Å². The van der Waals surface area contributed by atoms with Gasteiger partial charge in [0.1, 0.15) is 12.4 Å². The van der Waals surface area contributed by atoms with Crippen molar-refractivity contribution in [3.05, 3.63) is 24.3 Å². The summed E-state index contributed by atoms with van der Waals surface area (Å²) in [7, 11) is 0. The summed E-state index contributed by atoms with van der Waals surface area (Å²) in [5.74, 6) is 0.868. The fraction of sp³-hybridized carbons (Fsp3) is 0.400. The van der Waals surface area contributed by atoms with E-state index in [2.05, 4.69) is 12.2 Å². The Bertz CT molecular complexity index is 233. The molecule has 0 aliphatic carbocycles. The van der Waals surface area contributed by atoms with E-state index in [4.69, 9.17) is 10.5 Å². The third kappa shape index (κ3) is 3.80. The van der Waals surface area contributed by atoms with Gasteiger partial charge in [0.05, 0.1) is 0 Å². The minimum Gasteiger partial charge on any atom is -0.492 e. The second kappa shape index (κ2) is 5.43. The number of ether oxygens (including phenoxy) is 1. The predicted molar refractivity (Wildman–Crippen MR) is 54.9 cm³/mol. The highest BCUT2D eigenvalue weighted by Crippen LogP contribution is 2.12. The summed E-state index contributed by atoms with van der Waals surface area (Å²) in [6, 6.07) is 7.42. The molecule has 1 rings (SSSR count). The monoisotopic (exact) mass is 180 g/mol. The number of nitrogen functional groups attached to an aromatic ring is 1. The minimum absolute atomic E-state index is 0.692. The Kier molecular flexibility index (Phi) is 4.12. The second-order valence-electron chi connectivity index (χ2n) is 2.77. The molecule has 0 spiro atoms. The summed E-state index contributed by atoms with van der Waals surface area (Å²) in [4.78, 5) is 0. The lowest BCUT2D eigenvalue weighted by atomic mass is 10.3. The molecule has 3 N–H and O–H groups in total. The van der Waals surface area contributed by atoms with Crippen LogP contribution in [-0.2, 0) is 0 Å². The molecule has 0 aliphatic heterocycles. The van der Waals surface area contributed by atoms with Gasteiger partial charge in [-0.3, -0.25) is 0 Å². The minimum atomic E-state index is 0.692. The number of likely N-dealkylation sites (N-methyl/N-ethyl adjacent to an activating group) is 1. The molecular formula is C10H16N2O. The van der Waals surface area contributed by atoms with Gasteiger partial charge >= 0.3 is 0 Å². The van der Waals surface area contributed by atoms with E-state index >= 15 is 0 Å². The summed E-state index contributed by atoms with van der Waals surface area (Å²) in [5, 5.41) is 3.18. The Labute approximate surface area is 78.9 Å². The number of hydrogen-bond acceptors (Lipinski definition) is 3. The van der Waals surface area contributed by atoms with Crippen molar-refractivity contribution in [2.45, 2.75) is 6.92 Å². The van der Waals surface area contributed by atoms with Gasteiger partial charge in [0, 0.05) is 12.2 Å². The fourth-order valence-corrected chi connectivity index (χ4v) is 0.982. The van der Waals surface area contributed by atoms with E-state index in [0.717, 1.165) is 24.5 Å². The lowest BCUT2D eigenvalue weighted by Gasteiger charge is -2.06. The van der Waals surface area contributed by atoms with E-state index in [0.29, 0.717) is 6.61 Å². The van der Waals surface area contributed by atoms with Crippen LogP contribution < -0.4 is 15.8 Å². The Morgan fingerprint density at radius 2 is 2.00 bits per heavy atom. The molecule has 0 fully saturated rings. The van der Waals surface area contributed by atoms with Crippen molar-refractivity contribution in [2.24, 2.45) is 0 Å². The molecule has 0 heterocycles. The van der Waals surface area contributed by atoms with Crippen LogP contribution in [0.5, 0.6) is 5.75 Å². The molecule has 0 saturated heterocycles. The maximum atomic E-state index is 5.54. The second-order valence-corrected chi connectivity index (χ2v) is 2.77. The number of rotatable bonds is 5. The fourth-order valence-electron chi connectivity index (χ4n) is 0.982. The first kappa shape index (κ1) is 9.86. The van der Waals surface area contributed by atoms with E-state index in [1.165, 1.54) is 0 Å². The Morgan fingerprint density at radius 1 is 1.31 bits per heavy atom. The number of nitrogens with two attached hydrogens (primary N) is 1. The van der Waals surface area contributed by atoms with Crippen LogP contribution in [0, 0.1) is 0 Å². The number of anilines is 1. The van der Waals surface area contributed by atoms with E-state index in [1.54, 1.807) is 0 Å². The highest BCUT2D eigenvalue weighted by Gasteiger charge is 1.91. The molecule has 13 heavy (non-hydrogen) atoms. The molecule has 0 aromatic heterocycles. The van der Waals surface area contributed by atoms with Crippen LogP contribution in [-0.4, -0.2) is 19.7 Å². The normalized spacial score (nSPS) is 9.92. The van der Waals surface area contributed by atoms with Crippen molar-refractivity contribution < 1.29 is 4.74 Å². The smallest absolute Gasteiger partial charge is 0.119 e. The predicted octanol–water partition coefficient (Wildman–Crippen LogP) is 1.26. The molecule has 0 bridgehead atoms. The van der Waals surface area contributed by atoms with E-state index in [9.17, 15) is 0 Å². The average Bonchev–Trinajstić information content (AvgIpc) is 2.15. The Morgan fingerprint density at radius 3 is 2.62 bits per heavy atom. The molecule has 72 valence electrons. The summed E-state index contributed by atoms with van der Waals surface area (Å²) in [6.45, 7) is 4.62. The van der Waals surface area contributed by atoms with Gasteiger partial charge in [0.2, 0.25) is 0 Å². The molecule has 0 saturated carbocycles.